The van der Waals surface area contributed by atoms with E-state index in [1.807, 2.05) is 13.0 Å². The molecule has 0 unspecified atom stereocenters. The SMILES string of the molecule is Cc1cc(CC(C)C)c(C(N)=O)cc1C. The van der Waals surface area contributed by atoms with E-state index in [2.05, 4.69) is 26.8 Å². The predicted octanol–water partition coefficient (Wildman–Crippen LogP) is 2.60. The molecular weight excluding hydrogens is 186 g/mol. The summed E-state index contributed by atoms with van der Waals surface area (Å²) in [7, 11) is 0. The molecule has 2 heteroatoms. The van der Waals surface area contributed by atoms with Gasteiger partial charge in [0.2, 0.25) is 5.91 Å². The van der Waals surface area contributed by atoms with E-state index in [9.17, 15) is 4.79 Å². The van der Waals surface area contributed by atoms with Gasteiger partial charge in [0.1, 0.15) is 0 Å². The van der Waals surface area contributed by atoms with Gasteiger partial charge in [-0.05, 0) is 48.9 Å². The number of aryl methyl sites for hydroxylation is 2. The van der Waals surface area contributed by atoms with Gasteiger partial charge in [-0.3, -0.25) is 4.79 Å². The van der Waals surface area contributed by atoms with E-state index in [-0.39, 0.29) is 5.91 Å². The van der Waals surface area contributed by atoms with Crippen molar-refractivity contribution in [1.82, 2.24) is 0 Å². The van der Waals surface area contributed by atoms with Gasteiger partial charge in [0.15, 0.2) is 0 Å². The minimum atomic E-state index is -0.325. The molecule has 0 saturated heterocycles. The molecular formula is C13H19NO. The number of benzene rings is 1. The molecule has 1 rings (SSSR count). The van der Waals surface area contributed by atoms with Crippen LogP contribution in [0.1, 0.15) is 40.9 Å². The Morgan fingerprint density at radius 3 is 2.27 bits per heavy atom. The Morgan fingerprint density at radius 2 is 1.80 bits per heavy atom. The zero-order chi connectivity index (χ0) is 11.6. The summed E-state index contributed by atoms with van der Waals surface area (Å²) in [6.45, 7) is 8.34. The van der Waals surface area contributed by atoms with Gasteiger partial charge in [-0.2, -0.15) is 0 Å². The van der Waals surface area contributed by atoms with Crippen LogP contribution in [-0.4, -0.2) is 5.91 Å². The fraction of sp³-hybridized carbons (Fsp3) is 0.462. The number of hydrogen-bond donors (Lipinski definition) is 1. The summed E-state index contributed by atoms with van der Waals surface area (Å²) in [4.78, 5) is 11.3. The number of amides is 1. The van der Waals surface area contributed by atoms with E-state index in [4.69, 9.17) is 5.73 Å². The summed E-state index contributed by atoms with van der Waals surface area (Å²) in [6.07, 6.45) is 0.902. The van der Waals surface area contributed by atoms with E-state index in [0.29, 0.717) is 11.5 Å². The van der Waals surface area contributed by atoms with Crippen LogP contribution in [0, 0.1) is 19.8 Å². The Hall–Kier alpha value is -1.31. The van der Waals surface area contributed by atoms with Crippen LogP contribution < -0.4 is 5.73 Å². The van der Waals surface area contributed by atoms with Crippen LogP contribution in [0.3, 0.4) is 0 Å². The molecule has 0 atom stereocenters. The molecule has 1 aromatic rings. The molecule has 0 radical (unpaired) electrons. The van der Waals surface area contributed by atoms with Crippen molar-refractivity contribution in [2.75, 3.05) is 0 Å². The van der Waals surface area contributed by atoms with E-state index < -0.39 is 0 Å². The van der Waals surface area contributed by atoms with Crippen molar-refractivity contribution in [3.8, 4) is 0 Å². The standard InChI is InChI=1S/C13H19NO/c1-8(2)5-11-6-9(3)10(4)7-12(11)13(14)15/h6-8H,5H2,1-4H3,(H2,14,15). The third-order valence-electron chi connectivity index (χ3n) is 2.61. The molecule has 2 nitrogen and oxygen atoms in total. The average Bonchev–Trinajstić information content (AvgIpc) is 2.09. The number of nitrogens with two attached hydrogens (primary N) is 1. The van der Waals surface area contributed by atoms with Gasteiger partial charge >= 0.3 is 0 Å². The van der Waals surface area contributed by atoms with E-state index in [1.54, 1.807) is 0 Å². The Labute approximate surface area is 91.5 Å². The minimum absolute atomic E-state index is 0.325. The van der Waals surface area contributed by atoms with Crippen LogP contribution in [0.25, 0.3) is 0 Å². The third kappa shape index (κ3) is 2.82. The third-order valence-corrected chi connectivity index (χ3v) is 2.61. The van der Waals surface area contributed by atoms with Gasteiger partial charge in [-0.25, -0.2) is 0 Å². The van der Waals surface area contributed by atoms with Crippen molar-refractivity contribution in [3.05, 3.63) is 34.4 Å². The van der Waals surface area contributed by atoms with Crippen LogP contribution in [0.2, 0.25) is 0 Å². The summed E-state index contributed by atoms with van der Waals surface area (Å²) in [5.41, 5.74) is 9.45. The first-order valence-electron chi connectivity index (χ1n) is 5.31. The lowest BCUT2D eigenvalue weighted by atomic mass is 9.93. The molecule has 0 saturated carbocycles. The quantitative estimate of drug-likeness (QED) is 0.809. The van der Waals surface area contributed by atoms with Crippen LogP contribution >= 0.6 is 0 Å². The highest BCUT2D eigenvalue weighted by molar-refractivity contribution is 5.94. The number of carbonyl (C=O) groups excluding carboxylic acids is 1. The Bertz CT molecular complexity index is 380. The summed E-state index contributed by atoms with van der Waals surface area (Å²) < 4.78 is 0. The maximum Gasteiger partial charge on any atom is 0.248 e. The summed E-state index contributed by atoms with van der Waals surface area (Å²) in [5, 5.41) is 0. The maximum atomic E-state index is 11.3. The molecule has 2 N–H and O–H groups in total. The Balaban J connectivity index is 3.22. The molecule has 82 valence electrons. The van der Waals surface area contributed by atoms with Crippen molar-refractivity contribution in [1.29, 1.82) is 0 Å². The smallest absolute Gasteiger partial charge is 0.248 e. The monoisotopic (exact) mass is 205 g/mol. The van der Waals surface area contributed by atoms with Crippen LogP contribution in [-0.2, 0) is 6.42 Å². The highest BCUT2D eigenvalue weighted by Gasteiger charge is 2.11. The normalized spacial score (nSPS) is 10.7. The second-order valence-electron chi connectivity index (χ2n) is 4.56. The largest absolute Gasteiger partial charge is 0.366 e. The van der Waals surface area contributed by atoms with Crippen LogP contribution in [0.5, 0.6) is 0 Å². The van der Waals surface area contributed by atoms with E-state index >= 15 is 0 Å². The predicted molar refractivity (Wildman–Crippen MR) is 63.0 cm³/mol. The van der Waals surface area contributed by atoms with Crippen LogP contribution in [0.4, 0.5) is 0 Å². The minimum Gasteiger partial charge on any atom is -0.366 e. The van der Waals surface area contributed by atoms with Crippen LogP contribution in [0.15, 0.2) is 12.1 Å². The van der Waals surface area contributed by atoms with Crippen molar-refractivity contribution in [2.45, 2.75) is 34.1 Å². The molecule has 0 aliphatic carbocycles. The zero-order valence-corrected chi connectivity index (χ0v) is 9.92. The summed E-state index contributed by atoms with van der Waals surface area (Å²) >= 11 is 0. The first-order chi connectivity index (χ1) is 6.91. The highest BCUT2D eigenvalue weighted by atomic mass is 16.1. The zero-order valence-electron chi connectivity index (χ0n) is 9.92. The number of rotatable bonds is 3. The second kappa shape index (κ2) is 4.47. The summed E-state index contributed by atoms with van der Waals surface area (Å²) in [6, 6.07) is 3.98. The maximum absolute atomic E-state index is 11.3. The Morgan fingerprint density at radius 1 is 1.27 bits per heavy atom. The van der Waals surface area contributed by atoms with Crippen molar-refractivity contribution in [2.24, 2.45) is 11.7 Å². The lowest BCUT2D eigenvalue weighted by molar-refractivity contribution is 0.0999. The molecule has 0 fully saturated rings. The molecule has 0 aliphatic heterocycles. The first-order valence-corrected chi connectivity index (χ1v) is 5.31. The van der Waals surface area contributed by atoms with E-state index in [1.165, 1.54) is 5.56 Å². The molecule has 0 bridgehead atoms. The number of primary amides is 1. The number of hydrogen-bond acceptors (Lipinski definition) is 1. The van der Waals surface area contributed by atoms with Gasteiger partial charge in [0, 0.05) is 5.56 Å². The fourth-order valence-electron chi connectivity index (χ4n) is 1.71. The lowest BCUT2D eigenvalue weighted by Crippen LogP contribution is -2.15. The highest BCUT2D eigenvalue weighted by Crippen LogP contribution is 2.18. The van der Waals surface area contributed by atoms with Gasteiger partial charge in [-0.1, -0.05) is 19.9 Å². The fourth-order valence-corrected chi connectivity index (χ4v) is 1.71. The van der Waals surface area contributed by atoms with Crippen molar-refractivity contribution in [3.63, 3.8) is 0 Å². The second-order valence-corrected chi connectivity index (χ2v) is 4.56. The van der Waals surface area contributed by atoms with Crippen molar-refractivity contribution >= 4 is 5.91 Å². The lowest BCUT2D eigenvalue weighted by Gasteiger charge is -2.12. The Kier molecular flexibility index (Phi) is 3.51. The summed E-state index contributed by atoms with van der Waals surface area (Å²) in [5.74, 6) is 0.207. The van der Waals surface area contributed by atoms with Gasteiger partial charge in [0.05, 0.1) is 0 Å². The molecule has 0 aliphatic rings. The molecule has 0 heterocycles. The molecule has 0 aromatic heterocycles. The first kappa shape index (κ1) is 11.8. The number of carbonyl (C=O) groups is 1. The van der Waals surface area contributed by atoms with E-state index in [0.717, 1.165) is 17.5 Å². The van der Waals surface area contributed by atoms with Crippen molar-refractivity contribution < 1.29 is 4.79 Å². The van der Waals surface area contributed by atoms with Gasteiger partial charge < -0.3 is 5.73 Å². The average molecular weight is 205 g/mol. The molecule has 1 aromatic carbocycles. The van der Waals surface area contributed by atoms with Gasteiger partial charge in [0.25, 0.3) is 0 Å². The molecule has 15 heavy (non-hydrogen) atoms. The molecule has 0 spiro atoms. The van der Waals surface area contributed by atoms with Gasteiger partial charge in [-0.15, -0.1) is 0 Å². The topological polar surface area (TPSA) is 43.1 Å². The molecule has 1 amide bonds.